The standard InChI is InChI=1S/C19H21N3O2S.CH2O3/c23-17(12-5-1-2-6-12)21-19-15(13-7-3-4-8-14(13)25-19)18-20-16(22-24-18)11-9-10-11;2-1(3)4/h5,11H,1-4,6-10H2,(H,21,23);(H2,2,3,4). The maximum absolute atomic E-state index is 12.6. The van der Waals surface area contributed by atoms with E-state index in [1.165, 1.54) is 23.3 Å². The van der Waals surface area contributed by atoms with Gasteiger partial charge in [-0.15, -0.1) is 11.3 Å². The number of carbonyl (C=O) groups excluding carboxylic acids is 1. The summed E-state index contributed by atoms with van der Waals surface area (Å²) in [7, 11) is 0. The second-order valence-electron chi connectivity index (χ2n) is 7.51. The predicted molar refractivity (Wildman–Crippen MR) is 107 cm³/mol. The van der Waals surface area contributed by atoms with Gasteiger partial charge in [-0.3, -0.25) is 4.79 Å². The highest BCUT2D eigenvalue weighted by atomic mass is 32.1. The van der Waals surface area contributed by atoms with E-state index in [0.717, 1.165) is 66.9 Å². The van der Waals surface area contributed by atoms with Crippen molar-refractivity contribution in [3.8, 4) is 11.5 Å². The van der Waals surface area contributed by atoms with Crippen molar-refractivity contribution in [1.82, 2.24) is 10.1 Å². The molecule has 1 saturated carbocycles. The molecule has 0 saturated heterocycles. The first-order valence-electron chi connectivity index (χ1n) is 9.93. The molecule has 0 radical (unpaired) electrons. The maximum atomic E-state index is 12.6. The van der Waals surface area contributed by atoms with Gasteiger partial charge in [-0.25, -0.2) is 4.79 Å². The summed E-state index contributed by atoms with van der Waals surface area (Å²) >= 11 is 1.69. The third-order valence-corrected chi connectivity index (χ3v) is 6.54. The molecule has 0 atom stereocenters. The number of nitrogens with one attached hydrogen (secondary N) is 1. The van der Waals surface area contributed by atoms with E-state index in [2.05, 4.69) is 21.5 Å². The fraction of sp³-hybridized carbons (Fsp3) is 0.500. The zero-order valence-electron chi connectivity index (χ0n) is 15.9. The van der Waals surface area contributed by atoms with E-state index < -0.39 is 6.16 Å². The van der Waals surface area contributed by atoms with Crippen molar-refractivity contribution in [3.05, 3.63) is 27.9 Å². The number of anilines is 1. The van der Waals surface area contributed by atoms with Crippen LogP contribution in [0, 0.1) is 0 Å². The summed E-state index contributed by atoms with van der Waals surface area (Å²) in [5.41, 5.74) is 3.19. The molecule has 8 nitrogen and oxygen atoms in total. The van der Waals surface area contributed by atoms with Gasteiger partial charge >= 0.3 is 6.16 Å². The molecule has 3 aliphatic carbocycles. The number of amides is 1. The van der Waals surface area contributed by atoms with Crippen molar-refractivity contribution >= 4 is 28.4 Å². The van der Waals surface area contributed by atoms with Crippen molar-refractivity contribution in [3.63, 3.8) is 0 Å². The van der Waals surface area contributed by atoms with Crippen LogP contribution in [0.1, 0.15) is 67.1 Å². The molecule has 9 heteroatoms. The van der Waals surface area contributed by atoms with Crippen LogP contribution in [0.4, 0.5) is 9.80 Å². The number of aryl methyl sites for hydroxylation is 1. The number of hydrogen-bond acceptors (Lipinski definition) is 6. The largest absolute Gasteiger partial charge is 0.503 e. The Morgan fingerprint density at radius 3 is 2.59 bits per heavy atom. The van der Waals surface area contributed by atoms with Crippen LogP contribution in [0.5, 0.6) is 0 Å². The molecule has 2 aromatic rings. The number of nitrogens with zero attached hydrogens (tertiary/aromatic N) is 2. The number of fused-ring (bicyclic) bond motifs is 1. The zero-order chi connectivity index (χ0) is 20.4. The highest BCUT2D eigenvalue weighted by molar-refractivity contribution is 7.17. The molecule has 0 spiro atoms. The molecule has 154 valence electrons. The molecule has 3 N–H and O–H groups in total. The van der Waals surface area contributed by atoms with Gasteiger partial charge in [-0.05, 0) is 63.4 Å². The second kappa shape index (κ2) is 8.36. The van der Waals surface area contributed by atoms with E-state index in [-0.39, 0.29) is 5.91 Å². The summed E-state index contributed by atoms with van der Waals surface area (Å²) in [6, 6.07) is 0. The van der Waals surface area contributed by atoms with Crippen LogP contribution in [0.15, 0.2) is 16.2 Å². The zero-order valence-corrected chi connectivity index (χ0v) is 16.8. The van der Waals surface area contributed by atoms with Crippen molar-refractivity contribution in [2.24, 2.45) is 0 Å². The Morgan fingerprint density at radius 1 is 1.14 bits per heavy atom. The highest BCUT2D eigenvalue weighted by Crippen LogP contribution is 2.45. The number of carboxylic acid groups (broad SMARTS) is 2. The number of thiophene rings is 1. The summed E-state index contributed by atoms with van der Waals surface area (Å²) in [5.74, 6) is 1.89. The van der Waals surface area contributed by atoms with Gasteiger partial charge in [0.05, 0.1) is 5.56 Å². The van der Waals surface area contributed by atoms with Gasteiger partial charge in [0.15, 0.2) is 5.82 Å². The highest BCUT2D eigenvalue weighted by Gasteiger charge is 2.32. The minimum Gasteiger partial charge on any atom is -0.450 e. The molecule has 1 fully saturated rings. The quantitative estimate of drug-likeness (QED) is 0.651. The van der Waals surface area contributed by atoms with Crippen LogP contribution in [-0.4, -0.2) is 32.4 Å². The van der Waals surface area contributed by atoms with Gasteiger partial charge < -0.3 is 20.1 Å². The predicted octanol–water partition coefficient (Wildman–Crippen LogP) is 4.83. The summed E-state index contributed by atoms with van der Waals surface area (Å²) in [6.07, 6.45) is 9.98. The fourth-order valence-electron chi connectivity index (χ4n) is 3.78. The van der Waals surface area contributed by atoms with Gasteiger partial charge in [0.2, 0.25) is 0 Å². The Hall–Kier alpha value is -2.68. The third-order valence-electron chi connectivity index (χ3n) is 5.33. The van der Waals surface area contributed by atoms with Crippen LogP contribution >= 0.6 is 11.3 Å². The van der Waals surface area contributed by atoms with Gasteiger partial charge in [0.25, 0.3) is 11.8 Å². The van der Waals surface area contributed by atoms with E-state index in [9.17, 15) is 4.79 Å². The van der Waals surface area contributed by atoms with Gasteiger partial charge in [0.1, 0.15) is 5.00 Å². The monoisotopic (exact) mass is 417 g/mol. The minimum atomic E-state index is -1.83. The molecular weight excluding hydrogens is 394 g/mol. The smallest absolute Gasteiger partial charge is 0.450 e. The first-order chi connectivity index (χ1) is 14.0. The molecule has 0 aliphatic heterocycles. The average molecular weight is 417 g/mol. The summed E-state index contributed by atoms with van der Waals surface area (Å²) in [4.78, 5) is 27.2. The summed E-state index contributed by atoms with van der Waals surface area (Å²) in [6.45, 7) is 0. The van der Waals surface area contributed by atoms with Crippen LogP contribution in [0.2, 0.25) is 0 Å². The fourth-order valence-corrected chi connectivity index (χ4v) is 5.06. The molecule has 0 aromatic carbocycles. The van der Waals surface area contributed by atoms with E-state index in [4.69, 9.17) is 19.5 Å². The minimum absolute atomic E-state index is 0.0271. The summed E-state index contributed by atoms with van der Waals surface area (Å²) in [5, 5.41) is 22.2. The maximum Gasteiger partial charge on any atom is 0.503 e. The molecule has 0 bridgehead atoms. The average Bonchev–Trinajstić information content (AvgIpc) is 3.11. The Labute approximate surface area is 171 Å². The Balaban J connectivity index is 0.000000472. The van der Waals surface area contributed by atoms with Crippen LogP contribution in [0.3, 0.4) is 0 Å². The number of hydrogen-bond donors (Lipinski definition) is 3. The first-order valence-corrected chi connectivity index (χ1v) is 10.8. The van der Waals surface area contributed by atoms with Gasteiger partial charge in [0, 0.05) is 16.4 Å². The summed E-state index contributed by atoms with van der Waals surface area (Å²) < 4.78 is 5.60. The molecule has 0 unspecified atom stereocenters. The van der Waals surface area contributed by atoms with E-state index in [1.807, 2.05) is 0 Å². The molecule has 29 heavy (non-hydrogen) atoms. The Kier molecular flexibility index (Phi) is 5.66. The first kappa shape index (κ1) is 19.6. The lowest BCUT2D eigenvalue weighted by Gasteiger charge is -2.11. The van der Waals surface area contributed by atoms with Crippen LogP contribution in [-0.2, 0) is 17.6 Å². The van der Waals surface area contributed by atoms with Crippen molar-refractivity contribution < 1.29 is 24.3 Å². The van der Waals surface area contributed by atoms with Gasteiger partial charge in [-0.2, -0.15) is 4.98 Å². The number of carbonyl (C=O) groups is 2. The normalized spacial score (nSPS) is 17.7. The number of rotatable bonds is 4. The second-order valence-corrected chi connectivity index (χ2v) is 8.61. The van der Waals surface area contributed by atoms with Crippen molar-refractivity contribution in [2.75, 3.05) is 5.32 Å². The van der Waals surface area contributed by atoms with E-state index in [0.29, 0.717) is 11.8 Å². The lowest BCUT2D eigenvalue weighted by atomic mass is 9.95. The lowest BCUT2D eigenvalue weighted by molar-refractivity contribution is -0.112. The molecule has 1 amide bonds. The SMILES string of the molecule is O=C(Nc1sc2c(c1-c1nc(C3CC3)no1)CCCC2)C1=CCCC1.O=C(O)O. The van der Waals surface area contributed by atoms with Crippen molar-refractivity contribution in [1.29, 1.82) is 0 Å². The van der Waals surface area contributed by atoms with Gasteiger partial charge in [-0.1, -0.05) is 11.2 Å². The van der Waals surface area contributed by atoms with Crippen LogP contribution in [0.25, 0.3) is 11.5 Å². The Morgan fingerprint density at radius 2 is 1.90 bits per heavy atom. The molecule has 2 heterocycles. The molecular formula is C20H23N3O5S. The van der Waals surface area contributed by atoms with Crippen molar-refractivity contribution in [2.45, 2.75) is 63.7 Å². The number of allylic oxidation sites excluding steroid dienone is 1. The molecule has 2 aromatic heterocycles. The lowest BCUT2D eigenvalue weighted by Crippen LogP contribution is -2.13. The van der Waals surface area contributed by atoms with Crippen LogP contribution < -0.4 is 5.32 Å². The number of aromatic nitrogens is 2. The van der Waals surface area contributed by atoms with E-state index >= 15 is 0 Å². The molecule has 5 rings (SSSR count). The third kappa shape index (κ3) is 4.50. The Bertz CT molecular complexity index is 953. The molecule has 3 aliphatic rings. The van der Waals surface area contributed by atoms with E-state index in [1.54, 1.807) is 11.3 Å². The topological polar surface area (TPSA) is 126 Å².